The van der Waals surface area contributed by atoms with Gasteiger partial charge in [-0.2, -0.15) is 0 Å². The van der Waals surface area contributed by atoms with Gasteiger partial charge in [-0.15, -0.1) is 0 Å². The monoisotopic (exact) mass is 229 g/mol. The van der Waals surface area contributed by atoms with Gasteiger partial charge in [-0.05, 0) is 17.5 Å². The summed E-state index contributed by atoms with van der Waals surface area (Å²) in [4.78, 5) is 12.7. The second-order valence-corrected chi connectivity index (χ2v) is 4.08. The van der Waals surface area contributed by atoms with Crippen LogP contribution in [0.5, 0.6) is 0 Å². The largest absolute Gasteiger partial charge is 0.351 e. The molecule has 1 heterocycles. The predicted octanol–water partition coefficient (Wildman–Crippen LogP) is 2.52. The van der Waals surface area contributed by atoms with Crippen LogP contribution in [-0.4, -0.2) is 16.8 Å². The number of nitrogens with zero attached hydrogens (tertiary/aromatic N) is 1. The first kappa shape index (κ1) is 11.4. The molecule has 1 aliphatic rings. The van der Waals surface area contributed by atoms with Crippen molar-refractivity contribution in [1.29, 1.82) is 5.41 Å². The van der Waals surface area contributed by atoms with Gasteiger partial charge < -0.3 is 5.73 Å². The zero-order valence-corrected chi connectivity index (χ0v) is 9.52. The maximum absolute atomic E-state index is 11.3. The number of hydrogen-bond donors (Lipinski definition) is 2. The van der Waals surface area contributed by atoms with Gasteiger partial charge in [-0.3, -0.25) is 10.3 Å². The Morgan fingerprint density at radius 2 is 2.12 bits per heavy atom. The number of hydrogen-bond acceptors (Lipinski definition) is 2. The summed E-state index contributed by atoms with van der Waals surface area (Å²) in [6.45, 7) is 3.69. The van der Waals surface area contributed by atoms with Crippen LogP contribution in [0.3, 0.4) is 0 Å². The average molecular weight is 229 g/mol. The lowest BCUT2D eigenvalue weighted by molar-refractivity contribution is 0.221. The van der Waals surface area contributed by atoms with Gasteiger partial charge in [0.05, 0.1) is 6.04 Å². The van der Waals surface area contributed by atoms with Crippen LogP contribution in [0.4, 0.5) is 4.79 Å². The van der Waals surface area contributed by atoms with E-state index in [2.05, 4.69) is 6.58 Å². The Balaban J connectivity index is 2.29. The fourth-order valence-corrected chi connectivity index (χ4v) is 2.17. The van der Waals surface area contributed by atoms with E-state index in [-0.39, 0.29) is 6.04 Å². The van der Waals surface area contributed by atoms with Crippen molar-refractivity contribution in [3.63, 3.8) is 0 Å². The average Bonchev–Trinajstić information content (AvgIpc) is 2.71. The zero-order chi connectivity index (χ0) is 12.4. The van der Waals surface area contributed by atoms with E-state index in [1.54, 1.807) is 6.08 Å². The van der Waals surface area contributed by atoms with E-state index < -0.39 is 6.03 Å². The summed E-state index contributed by atoms with van der Waals surface area (Å²) >= 11 is 0. The third-order valence-corrected chi connectivity index (χ3v) is 3.05. The number of rotatable bonds is 2. The van der Waals surface area contributed by atoms with Crippen LogP contribution in [0.2, 0.25) is 0 Å². The van der Waals surface area contributed by atoms with E-state index in [4.69, 9.17) is 11.1 Å². The lowest BCUT2D eigenvalue weighted by Gasteiger charge is -2.22. The molecule has 1 aliphatic heterocycles. The molecule has 88 valence electrons. The van der Waals surface area contributed by atoms with Crippen LogP contribution in [0.25, 0.3) is 6.08 Å². The topological polar surface area (TPSA) is 70.2 Å². The quantitative estimate of drug-likeness (QED) is 0.803. The lowest BCUT2D eigenvalue weighted by atomic mass is 10.0. The molecule has 0 spiro atoms. The molecule has 3 N–H and O–H groups in total. The minimum Gasteiger partial charge on any atom is -0.351 e. The van der Waals surface area contributed by atoms with Crippen LogP contribution in [0.1, 0.15) is 30.0 Å². The first-order valence-electron chi connectivity index (χ1n) is 5.52. The number of nitrogens with one attached hydrogen (secondary N) is 1. The Morgan fingerprint density at radius 3 is 2.65 bits per heavy atom. The number of carbonyl (C=O) groups is 1. The fourth-order valence-electron chi connectivity index (χ4n) is 2.17. The van der Waals surface area contributed by atoms with Crippen molar-refractivity contribution in [3.05, 3.63) is 42.0 Å². The van der Waals surface area contributed by atoms with Crippen LogP contribution in [0.15, 0.2) is 30.8 Å². The molecule has 0 saturated carbocycles. The predicted molar refractivity (Wildman–Crippen MR) is 67.7 cm³/mol. The number of carbonyl (C=O) groups excluding carboxylic acids is 1. The number of amides is 2. The highest BCUT2D eigenvalue weighted by Crippen LogP contribution is 2.32. The standard InChI is InChI=1S/C13H15N3O/c1-2-9-3-5-10(6-4-9)11-7-8-12(14)16(11)13(15)17/h2-6,11,14H,1,7-8H2,(H2,15,17). The summed E-state index contributed by atoms with van der Waals surface area (Å²) in [5, 5.41) is 7.70. The van der Waals surface area contributed by atoms with Gasteiger partial charge in [0.25, 0.3) is 0 Å². The number of benzene rings is 1. The maximum atomic E-state index is 11.3. The van der Waals surface area contributed by atoms with E-state index in [1.807, 2.05) is 24.3 Å². The molecule has 0 radical (unpaired) electrons. The number of likely N-dealkylation sites (tertiary alicyclic amines) is 1. The molecule has 1 aromatic rings. The highest BCUT2D eigenvalue weighted by atomic mass is 16.2. The molecule has 2 rings (SSSR count). The summed E-state index contributed by atoms with van der Waals surface area (Å²) in [5.41, 5.74) is 7.35. The van der Waals surface area contributed by atoms with Gasteiger partial charge in [-0.1, -0.05) is 36.9 Å². The minimum atomic E-state index is -0.551. The molecule has 1 saturated heterocycles. The van der Waals surface area contributed by atoms with Crippen LogP contribution < -0.4 is 5.73 Å². The second kappa shape index (κ2) is 4.41. The molecular weight excluding hydrogens is 214 g/mol. The molecular formula is C13H15N3O. The van der Waals surface area contributed by atoms with Crippen LogP contribution in [-0.2, 0) is 0 Å². The van der Waals surface area contributed by atoms with E-state index >= 15 is 0 Å². The lowest BCUT2D eigenvalue weighted by Crippen LogP contribution is -2.37. The summed E-state index contributed by atoms with van der Waals surface area (Å²) in [7, 11) is 0. The van der Waals surface area contributed by atoms with Crippen molar-refractivity contribution in [2.45, 2.75) is 18.9 Å². The Kier molecular flexibility index (Phi) is 2.95. The van der Waals surface area contributed by atoms with E-state index in [0.29, 0.717) is 12.3 Å². The van der Waals surface area contributed by atoms with Gasteiger partial charge in [-0.25, -0.2) is 4.79 Å². The summed E-state index contributed by atoms with van der Waals surface area (Å²) in [6.07, 6.45) is 3.12. The van der Waals surface area contributed by atoms with Crippen LogP contribution >= 0.6 is 0 Å². The summed E-state index contributed by atoms with van der Waals surface area (Å²) < 4.78 is 0. The minimum absolute atomic E-state index is 0.0983. The Bertz CT molecular complexity index is 464. The highest BCUT2D eigenvalue weighted by Gasteiger charge is 2.32. The zero-order valence-electron chi connectivity index (χ0n) is 9.52. The molecule has 1 fully saturated rings. The van der Waals surface area contributed by atoms with E-state index in [0.717, 1.165) is 17.5 Å². The molecule has 0 aromatic heterocycles. The fraction of sp³-hybridized carbons (Fsp3) is 0.231. The van der Waals surface area contributed by atoms with Crippen molar-refractivity contribution in [2.24, 2.45) is 5.73 Å². The summed E-state index contributed by atoms with van der Waals surface area (Å²) in [6, 6.07) is 7.16. The molecule has 1 atom stereocenters. The number of primary amides is 1. The van der Waals surface area contributed by atoms with Crippen LogP contribution in [0, 0.1) is 5.41 Å². The Morgan fingerprint density at radius 1 is 1.47 bits per heavy atom. The number of urea groups is 1. The molecule has 0 aliphatic carbocycles. The second-order valence-electron chi connectivity index (χ2n) is 4.08. The third-order valence-electron chi connectivity index (χ3n) is 3.05. The van der Waals surface area contributed by atoms with Gasteiger partial charge in [0, 0.05) is 6.42 Å². The molecule has 17 heavy (non-hydrogen) atoms. The first-order chi connectivity index (χ1) is 8.13. The molecule has 4 nitrogen and oxygen atoms in total. The molecule has 1 aromatic carbocycles. The van der Waals surface area contributed by atoms with Gasteiger partial charge in [0.1, 0.15) is 5.84 Å². The molecule has 2 amide bonds. The van der Waals surface area contributed by atoms with E-state index in [1.165, 1.54) is 4.90 Å². The normalized spacial score (nSPS) is 19.4. The SMILES string of the molecule is C=Cc1ccc(C2CCC(=N)N2C(N)=O)cc1. The smallest absolute Gasteiger partial charge is 0.320 e. The first-order valence-corrected chi connectivity index (χ1v) is 5.52. The van der Waals surface area contributed by atoms with Crippen molar-refractivity contribution < 1.29 is 4.79 Å². The Hall–Kier alpha value is -2.10. The van der Waals surface area contributed by atoms with Crippen molar-refractivity contribution in [2.75, 3.05) is 0 Å². The molecule has 1 unspecified atom stereocenters. The van der Waals surface area contributed by atoms with Crippen molar-refractivity contribution >= 4 is 17.9 Å². The van der Waals surface area contributed by atoms with Gasteiger partial charge >= 0.3 is 6.03 Å². The van der Waals surface area contributed by atoms with Crippen molar-refractivity contribution in [3.8, 4) is 0 Å². The summed E-state index contributed by atoms with van der Waals surface area (Å²) in [5.74, 6) is 0.301. The van der Waals surface area contributed by atoms with Gasteiger partial charge in [0.2, 0.25) is 0 Å². The highest BCUT2D eigenvalue weighted by molar-refractivity contribution is 5.97. The maximum Gasteiger partial charge on any atom is 0.320 e. The number of amidine groups is 1. The van der Waals surface area contributed by atoms with Crippen molar-refractivity contribution in [1.82, 2.24) is 4.90 Å². The van der Waals surface area contributed by atoms with E-state index in [9.17, 15) is 4.79 Å². The molecule has 0 bridgehead atoms. The Labute approximate surface area is 100 Å². The molecule has 4 heteroatoms. The third kappa shape index (κ3) is 2.06. The number of nitrogens with two attached hydrogens (primary N) is 1. The van der Waals surface area contributed by atoms with Gasteiger partial charge in [0.15, 0.2) is 0 Å².